The molecule has 1 aromatic rings. The normalized spacial score (nSPS) is 21.1. The molecule has 5 heteroatoms. The molecule has 1 unspecified atom stereocenters. The Kier molecular flexibility index (Phi) is 6.56. The van der Waals surface area contributed by atoms with Gasteiger partial charge in [0.05, 0.1) is 15.9 Å². The number of alkyl halides is 1. The van der Waals surface area contributed by atoms with Crippen molar-refractivity contribution in [1.29, 1.82) is 0 Å². The van der Waals surface area contributed by atoms with Gasteiger partial charge in [-0.25, -0.2) is 0 Å². The van der Waals surface area contributed by atoms with Gasteiger partial charge >= 0.3 is 0 Å². The zero-order chi connectivity index (χ0) is 14.5. The van der Waals surface area contributed by atoms with Crippen molar-refractivity contribution in [2.45, 2.75) is 65.1 Å². The first-order valence-electron chi connectivity index (χ1n) is 7.75. The molecule has 0 spiro atoms. The number of hydrogen-bond acceptors (Lipinski definition) is 2. The van der Waals surface area contributed by atoms with E-state index in [1.807, 2.05) is 0 Å². The number of halogens is 2. The standard InChI is InChI=1S/C15H25Br2N3/c1-3-13-15(17)14(20(4-2)18-13)11-19-9-7-5-6-8-12(19)10-16/h12H,3-11H2,1-2H3. The summed E-state index contributed by atoms with van der Waals surface area (Å²) < 4.78 is 3.39. The molecule has 20 heavy (non-hydrogen) atoms. The highest BCUT2D eigenvalue weighted by Gasteiger charge is 2.23. The number of aromatic nitrogens is 2. The van der Waals surface area contributed by atoms with Crippen LogP contribution in [0.15, 0.2) is 4.47 Å². The van der Waals surface area contributed by atoms with E-state index in [2.05, 4.69) is 55.3 Å². The second-order valence-electron chi connectivity index (χ2n) is 5.50. The van der Waals surface area contributed by atoms with Gasteiger partial charge < -0.3 is 0 Å². The van der Waals surface area contributed by atoms with Gasteiger partial charge in [-0.2, -0.15) is 5.10 Å². The average Bonchev–Trinajstić information content (AvgIpc) is 2.64. The second-order valence-corrected chi connectivity index (χ2v) is 6.95. The van der Waals surface area contributed by atoms with Crippen LogP contribution in [-0.4, -0.2) is 32.6 Å². The van der Waals surface area contributed by atoms with Gasteiger partial charge in [-0.15, -0.1) is 0 Å². The molecule has 1 aromatic heterocycles. The lowest BCUT2D eigenvalue weighted by atomic mass is 10.1. The largest absolute Gasteiger partial charge is 0.294 e. The summed E-state index contributed by atoms with van der Waals surface area (Å²) in [6, 6.07) is 0.662. The summed E-state index contributed by atoms with van der Waals surface area (Å²) in [5, 5.41) is 5.79. The van der Waals surface area contributed by atoms with Gasteiger partial charge in [0.15, 0.2) is 0 Å². The number of rotatable bonds is 5. The highest BCUT2D eigenvalue weighted by Crippen LogP contribution is 2.27. The molecule has 2 rings (SSSR count). The van der Waals surface area contributed by atoms with E-state index in [4.69, 9.17) is 5.10 Å². The Morgan fingerprint density at radius 2 is 2.05 bits per heavy atom. The molecule has 1 saturated heterocycles. The Balaban J connectivity index is 2.20. The molecule has 1 aliphatic rings. The van der Waals surface area contributed by atoms with Crippen molar-refractivity contribution in [1.82, 2.24) is 14.7 Å². The maximum Gasteiger partial charge on any atom is 0.0767 e. The highest BCUT2D eigenvalue weighted by atomic mass is 79.9. The van der Waals surface area contributed by atoms with Gasteiger partial charge in [0.2, 0.25) is 0 Å². The average molecular weight is 407 g/mol. The lowest BCUT2D eigenvalue weighted by molar-refractivity contribution is 0.203. The molecule has 1 fully saturated rings. The third-order valence-corrected chi connectivity index (χ3v) is 5.89. The minimum absolute atomic E-state index is 0.662. The van der Waals surface area contributed by atoms with E-state index in [1.165, 1.54) is 48.1 Å². The van der Waals surface area contributed by atoms with Crippen molar-refractivity contribution in [3.05, 3.63) is 15.9 Å². The molecule has 0 radical (unpaired) electrons. The molecule has 0 aliphatic carbocycles. The summed E-state index contributed by atoms with van der Waals surface area (Å²) in [5.41, 5.74) is 2.53. The van der Waals surface area contributed by atoms with E-state index in [0.717, 1.165) is 24.8 Å². The molecule has 2 heterocycles. The van der Waals surface area contributed by atoms with Crippen LogP contribution in [0.2, 0.25) is 0 Å². The van der Waals surface area contributed by atoms with Crippen molar-refractivity contribution in [3.8, 4) is 0 Å². The fourth-order valence-corrected chi connectivity index (χ4v) is 4.40. The second kappa shape index (κ2) is 7.95. The van der Waals surface area contributed by atoms with Crippen LogP contribution in [0.3, 0.4) is 0 Å². The monoisotopic (exact) mass is 405 g/mol. The zero-order valence-corrected chi connectivity index (χ0v) is 15.7. The van der Waals surface area contributed by atoms with Gasteiger partial charge in [0.25, 0.3) is 0 Å². The fraction of sp³-hybridized carbons (Fsp3) is 0.800. The molecule has 0 bridgehead atoms. The van der Waals surface area contributed by atoms with Crippen LogP contribution in [0.1, 0.15) is 50.9 Å². The fourth-order valence-electron chi connectivity index (χ4n) is 2.98. The van der Waals surface area contributed by atoms with Gasteiger partial charge in [-0.05, 0) is 48.7 Å². The predicted octanol–water partition coefficient (Wildman–Crippen LogP) is 4.37. The zero-order valence-electron chi connectivity index (χ0n) is 12.5. The summed E-state index contributed by atoms with van der Waals surface area (Å²) in [6.07, 6.45) is 6.35. The molecule has 0 N–H and O–H groups in total. The van der Waals surface area contributed by atoms with Crippen LogP contribution in [0.5, 0.6) is 0 Å². The van der Waals surface area contributed by atoms with Crippen LogP contribution < -0.4 is 0 Å². The summed E-state index contributed by atoms with van der Waals surface area (Å²) in [5.74, 6) is 0. The van der Waals surface area contributed by atoms with Crippen molar-refractivity contribution in [2.24, 2.45) is 0 Å². The molecular formula is C15H25Br2N3. The Morgan fingerprint density at radius 3 is 2.70 bits per heavy atom. The van der Waals surface area contributed by atoms with Crippen LogP contribution in [0, 0.1) is 0 Å². The van der Waals surface area contributed by atoms with Crippen LogP contribution in [-0.2, 0) is 19.5 Å². The lowest BCUT2D eigenvalue weighted by Gasteiger charge is -2.28. The minimum atomic E-state index is 0.662. The van der Waals surface area contributed by atoms with Crippen molar-refractivity contribution in [2.75, 3.05) is 11.9 Å². The Bertz CT molecular complexity index is 431. The van der Waals surface area contributed by atoms with Gasteiger partial charge in [-0.1, -0.05) is 35.7 Å². The Labute approximate surface area is 139 Å². The van der Waals surface area contributed by atoms with E-state index >= 15 is 0 Å². The molecule has 3 nitrogen and oxygen atoms in total. The molecule has 114 valence electrons. The minimum Gasteiger partial charge on any atom is -0.294 e. The third-order valence-electron chi connectivity index (χ3n) is 4.22. The van der Waals surface area contributed by atoms with Crippen molar-refractivity contribution in [3.63, 3.8) is 0 Å². The third kappa shape index (κ3) is 3.66. The topological polar surface area (TPSA) is 21.1 Å². The van der Waals surface area contributed by atoms with Crippen LogP contribution in [0.25, 0.3) is 0 Å². The first-order chi connectivity index (χ1) is 9.71. The van der Waals surface area contributed by atoms with Gasteiger partial charge in [0, 0.05) is 24.5 Å². The molecule has 1 aliphatic heterocycles. The van der Waals surface area contributed by atoms with E-state index in [-0.39, 0.29) is 0 Å². The highest BCUT2D eigenvalue weighted by molar-refractivity contribution is 9.10. The van der Waals surface area contributed by atoms with Crippen molar-refractivity contribution >= 4 is 31.9 Å². The molecule has 0 amide bonds. The first kappa shape index (κ1) is 16.5. The number of nitrogens with zero attached hydrogens (tertiary/aromatic N) is 3. The molecule has 0 saturated carbocycles. The first-order valence-corrected chi connectivity index (χ1v) is 9.66. The SMILES string of the molecule is CCc1nn(CC)c(CN2CCCCCC2CBr)c1Br. The summed E-state index contributed by atoms with van der Waals surface area (Å²) in [6.45, 7) is 7.51. The summed E-state index contributed by atoms with van der Waals surface area (Å²) in [7, 11) is 0. The van der Waals surface area contributed by atoms with Gasteiger partial charge in [0.1, 0.15) is 0 Å². The van der Waals surface area contributed by atoms with Crippen molar-refractivity contribution < 1.29 is 0 Å². The van der Waals surface area contributed by atoms with E-state index in [0.29, 0.717) is 6.04 Å². The molecule has 0 aromatic carbocycles. The van der Waals surface area contributed by atoms with E-state index < -0.39 is 0 Å². The number of aryl methyl sites for hydroxylation is 2. The summed E-state index contributed by atoms with van der Waals surface area (Å²) in [4.78, 5) is 2.63. The maximum atomic E-state index is 4.72. The predicted molar refractivity (Wildman–Crippen MR) is 91.4 cm³/mol. The number of hydrogen-bond donors (Lipinski definition) is 0. The maximum absolute atomic E-state index is 4.72. The van der Waals surface area contributed by atoms with E-state index in [9.17, 15) is 0 Å². The molecule has 1 atom stereocenters. The van der Waals surface area contributed by atoms with Gasteiger partial charge in [-0.3, -0.25) is 9.58 Å². The quantitative estimate of drug-likeness (QED) is 0.677. The lowest BCUT2D eigenvalue weighted by Crippen LogP contribution is -2.36. The van der Waals surface area contributed by atoms with Crippen LogP contribution >= 0.6 is 31.9 Å². The Morgan fingerprint density at radius 1 is 1.25 bits per heavy atom. The van der Waals surface area contributed by atoms with E-state index in [1.54, 1.807) is 0 Å². The smallest absolute Gasteiger partial charge is 0.0767 e. The van der Waals surface area contributed by atoms with Crippen LogP contribution in [0.4, 0.5) is 0 Å². The number of likely N-dealkylation sites (tertiary alicyclic amines) is 1. The summed E-state index contributed by atoms with van der Waals surface area (Å²) >= 11 is 7.47. The molecular weight excluding hydrogens is 382 g/mol. The Hall–Kier alpha value is 0.130.